The maximum atomic E-state index is 6.26. The Bertz CT molecular complexity index is 987. The minimum absolute atomic E-state index is 0.523. The van der Waals surface area contributed by atoms with Gasteiger partial charge in [0.1, 0.15) is 0 Å². The minimum atomic E-state index is 0.523. The number of aryl methyl sites for hydroxylation is 1. The molecule has 0 saturated heterocycles. The van der Waals surface area contributed by atoms with Crippen LogP contribution in [-0.4, -0.2) is 24.4 Å². The van der Waals surface area contributed by atoms with Gasteiger partial charge in [-0.1, -0.05) is 29.8 Å². The lowest BCUT2D eigenvalue weighted by Crippen LogP contribution is -1.92. The Balaban J connectivity index is 1.71. The third kappa shape index (κ3) is 2.64. The van der Waals surface area contributed by atoms with Gasteiger partial charge in [-0.05, 0) is 18.2 Å². The Labute approximate surface area is 137 Å². The Kier molecular flexibility index (Phi) is 3.24. The van der Waals surface area contributed by atoms with Crippen LogP contribution in [0.25, 0.3) is 16.8 Å². The number of hydrogen-bond acceptors (Lipinski definition) is 4. The lowest BCUT2D eigenvalue weighted by Gasteiger charge is -2.03. The van der Waals surface area contributed by atoms with Crippen LogP contribution in [0.3, 0.4) is 0 Å². The summed E-state index contributed by atoms with van der Waals surface area (Å²) in [5.41, 5.74) is 3.55. The molecule has 7 heteroatoms. The Morgan fingerprint density at radius 1 is 1.09 bits per heavy atom. The summed E-state index contributed by atoms with van der Waals surface area (Å²) in [6.45, 7) is 0. The van der Waals surface area contributed by atoms with E-state index in [0.717, 1.165) is 22.5 Å². The first-order valence-electron chi connectivity index (χ1n) is 7.06. The summed E-state index contributed by atoms with van der Waals surface area (Å²) in [6.07, 6.45) is 5.50. The monoisotopic (exact) mass is 324 g/mol. The molecule has 0 unspecified atom stereocenters. The average molecular weight is 325 g/mol. The molecule has 0 fully saturated rings. The zero-order valence-corrected chi connectivity index (χ0v) is 13.1. The number of halogens is 1. The van der Waals surface area contributed by atoms with E-state index in [2.05, 4.69) is 20.5 Å². The number of pyridine rings is 1. The summed E-state index contributed by atoms with van der Waals surface area (Å²) in [5, 5.41) is 12.4. The molecule has 6 nitrogen and oxygen atoms in total. The molecule has 0 aliphatic rings. The molecule has 23 heavy (non-hydrogen) atoms. The van der Waals surface area contributed by atoms with Gasteiger partial charge in [-0.2, -0.15) is 10.1 Å². The first-order valence-corrected chi connectivity index (χ1v) is 7.44. The standard InChI is InChI=1S/C16H13ClN6/c1-22-10-12(8-18-22)19-16-20-15-7-6-11(9-23(15)21-16)13-4-2-3-5-14(13)17/h2-10H,1H3,(H,19,21). The zero-order valence-electron chi connectivity index (χ0n) is 12.3. The lowest BCUT2D eigenvalue weighted by molar-refractivity contribution is 0.768. The van der Waals surface area contributed by atoms with E-state index < -0.39 is 0 Å². The molecule has 1 N–H and O–H groups in total. The summed E-state index contributed by atoms with van der Waals surface area (Å²) >= 11 is 6.26. The molecule has 0 amide bonds. The summed E-state index contributed by atoms with van der Waals surface area (Å²) in [5.74, 6) is 0.523. The highest BCUT2D eigenvalue weighted by atomic mass is 35.5. The highest BCUT2D eigenvalue weighted by Gasteiger charge is 2.08. The van der Waals surface area contributed by atoms with Crippen LogP contribution in [0.5, 0.6) is 0 Å². The largest absolute Gasteiger partial charge is 0.320 e. The zero-order chi connectivity index (χ0) is 15.8. The molecule has 1 aromatic carbocycles. The maximum absolute atomic E-state index is 6.26. The fraction of sp³-hybridized carbons (Fsp3) is 0.0625. The molecule has 0 saturated carbocycles. The van der Waals surface area contributed by atoms with Crippen molar-refractivity contribution in [3.63, 3.8) is 0 Å². The van der Waals surface area contributed by atoms with Crippen LogP contribution < -0.4 is 5.32 Å². The van der Waals surface area contributed by atoms with Crippen molar-refractivity contribution in [1.29, 1.82) is 0 Å². The average Bonchev–Trinajstić information content (AvgIpc) is 3.12. The van der Waals surface area contributed by atoms with Gasteiger partial charge in [-0.3, -0.25) is 4.68 Å². The molecule has 0 aliphatic carbocycles. The fourth-order valence-electron chi connectivity index (χ4n) is 2.41. The molecule has 0 radical (unpaired) electrons. The summed E-state index contributed by atoms with van der Waals surface area (Å²) < 4.78 is 3.45. The van der Waals surface area contributed by atoms with Gasteiger partial charge < -0.3 is 5.32 Å². The summed E-state index contributed by atoms with van der Waals surface area (Å²) in [4.78, 5) is 4.45. The molecule has 0 atom stereocenters. The fourth-order valence-corrected chi connectivity index (χ4v) is 2.65. The van der Waals surface area contributed by atoms with Gasteiger partial charge in [0.15, 0.2) is 5.65 Å². The molecule has 0 aliphatic heterocycles. The first-order chi connectivity index (χ1) is 11.2. The number of nitrogens with one attached hydrogen (secondary N) is 1. The third-order valence-electron chi connectivity index (χ3n) is 3.48. The van der Waals surface area contributed by atoms with E-state index in [1.807, 2.05) is 55.8 Å². The van der Waals surface area contributed by atoms with Crippen LogP contribution in [0.15, 0.2) is 55.0 Å². The Hall–Kier alpha value is -2.86. The van der Waals surface area contributed by atoms with Crippen LogP contribution in [0.4, 0.5) is 11.6 Å². The second-order valence-corrected chi connectivity index (χ2v) is 5.57. The summed E-state index contributed by atoms with van der Waals surface area (Å²) in [7, 11) is 1.86. The molecule has 114 valence electrons. The third-order valence-corrected chi connectivity index (χ3v) is 3.81. The van der Waals surface area contributed by atoms with Crippen LogP contribution in [0.1, 0.15) is 0 Å². The number of benzene rings is 1. The van der Waals surface area contributed by atoms with E-state index >= 15 is 0 Å². The van der Waals surface area contributed by atoms with Gasteiger partial charge in [0.25, 0.3) is 0 Å². The Morgan fingerprint density at radius 2 is 1.96 bits per heavy atom. The van der Waals surface area contributed by atoms with Crippen LogP contribution in [0.2, 0.25) is 5.02 Å². The van der Waals surface area contributed by atoms with Crippen molar-refractivity contribution in [2.75, 3.05) is 5.32 Å². The SMILES string of the molecule is Cn1cc(Nc2nc3ccc(-c4ccccc4Cl)cn3n2)cn1. The predicted octanol–water partition coefficient (Wildman–Crippen LogP) is 3.53. The first kappa shape index (κ1) is 13.8. The second kappa shape index (κ2) is 5.40. The smallest absolute Gasteiger partial charge is 0.247 e. The molecular formula is C16H13ClN6. The normalized spacial score (nSPS) is 11.0. The number of hydrogen-bond donors (Lipinski definition) is 1. The molecule has 4 aromatic rings. The molecule has 4 rings (SSSR count). The van der Waals surface area contributed by atoms with E-state index in [0.29, 0.717) is 11.0 Å². The van der Waals surface area contributed by atoms with Crippen molar-refractivity contribution >= 4 is 28.9 Å². The Morgan fingerprint density at radius 3 is 2.74 bits per heavy atom. The van der Waals surface area contributed by atoms with E-state index in [1.165, 1.54) is 0 Å². The molecule has 3 aromatic heterocycles. The maximum Gasteiger partial charge on any atom is 0.247 e. The van der Waals surface area contributed by atoms with Gasteiger partial charge in [0, 0.05) is 35.6 Å². The van der Waals surface area contributed by atoms with Crippen LogP contribution in [-0.2, 0) is 7.05 Å². The van der Waals surface area contributed by atoms with Gasteiger partial charge in [-0.25, -0.2) is 4.52 Å². The van der Waals surface area contributed by atoms with E-state index in [1.54, 1.807) is 15.4 Å². The van der Waals surface area contributed by atoms with Crippen LogP contribution >= 0.6 is 11.6 Å². The number of rotatable bonds is 3. The molecule has 0 spiro atoms. The van der Waals surface area contributed by atoms with Crippen molar-refractivity contribution < 1.29 is 0 Å². The van der Waals surface area contributed by atoms with E-state index in [4.69, 9.17) is 11.6 Å². The number of nitrogens with zero attached hydrogens (tertiary/aromatic N) is 5. The molecule has 3 heterocycles. The van der Waals surface area contributed by atoms with Gasteiger partial charge in [-0.15, -0.1) is 5.10 Å². The van der Waals surface area contributed by atoms with Crippen molar-refractivity contribution in [2.45, 2.75) is 0 Å². The van der Waals surface area contributed by atoms with E-state index in [-0.39, 0.29) is 0 Å². The highest BCUT2D eigenvalue weighted by molar-refractivity contribution is 6.33. The molecular weight excluding hydrogens is 312 g/mol. The van der Waals surface area contributed by atoms with Gasteiger partial charge in [0.05, 0.1) is 11.9 Å². The predicted molar refractivity (Wildman–Crippen MR) is 89.9 cm³/mol. The van der Waals surface area contributed by atoms with Crippen molar-refractivity contribution in [1.82, 2.24) is 24.4 Å². The number of fused-ring (bicyclic) bond motifs is 1. The quantitative estimate of drug-likeness (QED) is 0.626. The lowest BCUT2D eigenvalue weighted by atomic mass is 10.1. The van der Waals surface area contributed by atoms with Crippen molar-refractivity contribution in [3.05, 3.63) is 60.0 Å². The molecule has 0 bridgehead atoms. The minimum Gasteiger partial charge on any atom is -0.320 e. The van der Waals surface area contributed by atoms with Gasteiger partial charge >= 0.3 is 0 Å². The van der Waals surface area contributed by atoms with Gasteiger partial charge in [0.2, 0.25) is 5.95 Å². The van der Waals surface area contributed by atoms with Crippen molar-refractivity contribution in [2.24, 2.45) is 7.05 Å². The number of aromatic nitrogens is 5. The van der Waals surface area contributed by atoms with Crippen molar-refractivity contribution in [3.8, 4) is 11.1 Å². The van der Waals surface area contributed by atoms with Crippen LogP contribution in [0, 0.1) is 0 Å². The summed E-state index contributed by atoms with van der Waals surface area (Å²) in [6, 6.07) is 11.6. The topological polar surface area (TPSA) is 60.0 Å². The second-order valence-electron chi connectivity index (χ2n) is 5.16. The number of anilines is 2. The highest BCUT2D eigenvalue weighted by Crippen LogP contribution is 2.27. The van der Waals surface area contributed by atoms with E-state index in [9.17, 15) is 0 Å².